The average Bonchev–Trinajstić information content (AvgIpc) is 3.28. The summed E-state index contributed by atoms with van der Waals surface area (Å²) in [7, 11) is 0. The Labute approximate surface area is 187 Å². The molecule has 0 saturated carbocycles. The van der Waals surface area contributed by atoms with Crippen molar-refractivity contribution >= 4 is 5.57 Å². The molecule has 3 aromatic rings. The third kappa shape index (κ3) is 2.92. The van der Waals surface area contributed by atoms with Crippen molar-refractivity contribution in [1.82, 2.24) is 0 Å². The molecule has 0 N–H and O–H groups in total. The Morgan fingerprint density at radius 2 is 1.32 bits per heavy atom. The van der Waals surface area contributed by atoms with Crippen molar-refractivity contribution in [2.45, 2.75) is 46.5 Å². The van der Waals surface area contributed by atoms with Crippen LogP contribution in [-0.4, -0.2) is 0 Å². The lowest BCUT2D eigenvalue weighted by Gasteiger charge is -2.30. The topological polar surface area (TPSA) is 0 Å². The highest BCUT2D eigenvalue weighted by Crippen LogP contribution is 2.63. The summed E-state index contributed by atoms with van der Waals surface area (Å²) in [5.41, 5.74) is 18.3. The quantitative estimate of drug-likeness (QED) is 0.331. The van der Waals surface area contributed by atoms with E-state index in [-0.39, 0.29) is 5.41 Å². The Bertz CT molecular complexity index is 1220. The molecule has 3 aromatic carbocycles. The molecule has 0 fully saturated rings. The molecular formula is C31H30. The van der Waals surface area contributed by atoms with Gasteiger partial charge in [0.25, 0.3) is 0 Å². The molecule has 0 aliphatic heterocycles. The molecule has 1 spiro atoms. The molecule has 0 heteroatoms. The number of hydrogen-bond donors (Lipinski definition) is 0. The van der Waals surface area contributed by atoms with Gasteiger partial charge in [-0.2, -0.15) is 0 Å². The van der Waals surface area contributed by atoms with Gasteiger partial charge in [-0.05, 0) is 58.0 Å². The Hall–Kier alpha value is -3.30. The van der Waals surface area contributed by atoms with Crippen molar-refractivity contribution in [2.24, 2.45) is 0 Å². The van der Waals surface area contributed by atoms with Gasteiger partial charge < -0.3 is 0 Å². The molecule has 154 valence electrons. The molecule has 0 atom stereocenters. The zero-order valence-corrected chi connectivity index (χ0v) is 19.2. The van der Waals surface area contributed by atoms with Crippen LogP contribution in [0, 0.1) is 6.92 Å². The first kappa shape index (κ1) is 21.0. The van der Waals surface area contributed by atoms with Crippen LogP contribution < -0.4 is 0 Å². The van der Waals surface area contributed by atoms with E-state index in [4.69, 9.17) is 0 Å². The van der Waals surface area contributed by atoms with Crippen molar-refractivity contribution in [2.75, 3.05) is 0 Å². The van der Waals surface area contributed by atoms with Crippen LogP contribution in [-0.2, 0) is 5.41 Å². The molecule has 0 radical (unpaired) electrons. The fourth-order valence-electron chi connectivity index (χ4n) is 5.06. The zero-order chi connectivity index (χ0) is 22.0. The number of fused-ring (bicyclic) bond motifs is 10. The van der Waals surface area contributed by atoms with Crippen molar-refractivity contribution in [3.8, 4) is 11.1 Å². The average molecular weight is 403 g/mol. The van der Waals surface area contributed by atoms with Crippen LogP contribution >= 0.6 is 0 Å². The van der Waals surface area contributed by atoms with Gasteiger partial charge in [-0.25, -0.2) is 0 Å². The minimum absolute atomic E-state index is 0.241. The standard InChI is InChI=1S/C26H16.C3H8.C2H6/c1-17-14-15-21-20-10-4-7-13-24(20)26(25(21)16-17)22-11-5-2-8-18(22)19-9-3-6-12-23(19)26;1-3-2;1-2/h2-3,5-9,11-16H,1H3;3H2,1-2H3;1-2H3. The van der Waals surface area contributed by atoms with E-state index in [0.29, 0.717) is 0 Å². The van der Waals surface area contributed by atoms with Crippen molar-refractivity contribution < 1.29 is 0 Å². The molecular weight excluding hydrogens is 372 g/mol. The van der Waals surface area contributed by atoms with Gasteiger partial charge in [0, 0.05) is 5.57 Å². The van der Waals surface area contributed by atoms with Crippen molar-refractivity contribution in [3.63, 3.8) is 0 Å². The summed E-state index contributed by atoms with van der Waals surface area (Å²) in [6, 6.07) is 24.6. The molecule has 0 heterocycles. The van der Waals surface area contributed by atoms with Crippen LogP contribution in [0.4, 0.5) is 0 Å². The van der Waals surface area contributed by atoms with Crippen LogP contribution in [0.2, 0.25) is 0 Å². The summed E-state index contributed by atoms with van der Waals surface area (Å²) < 4.78 is 0. The first-order valence-electron chi connectivity index (χ1n) is 11.5. The van der Waals surface area contributed by atoms with E-state index < -0.39 is 0 Å². The number of rotatable bonds is 0. The van der Waals surface area contributed by atoms with E-state index in [0.717, 1.165) is 0 Å². The predicted molar refractivity (Wildman–Crippen MR) is 133 cm³/mol. The van der Waals surface area contributed by atoms with Crippen LogP contribution in [0.5, 0.6) is 0 Å². The summed E-state index contributed by atoms with van der Waals surface area (Å²) in [5, 5.41) is 0. The van der Waals surface area contributed by atoms with Crippen molar-refractivity contribution in [3.05, 3.63) is 124 Å². The third-order valence-electron chi connectivity index (χ3n) is 6.00. The highest BCUT2D eigenvalue weighted by molar-refractivity contribution is 6.00. The number of aryl methyl sites for hydroxylation is 1. The van der Waals surface area contributed by atoms with E-state index in [2.05, 4.69) is 105 Å². The predicted octanol–water partition coefficient (Wildman–Crippen LogP) is 8.40. The summed E-state index contributed by atoms with van der Waals surface area (Å²) >= 11 is 0. The van der Waals surface area contributed by atoms with Gasteiger partial charge in [-0.15, -0.1) is 0 Å². The lowest BCUT2D eigenvalue weighted by molar-refractivity contribution is 0.793. The first-order valence-corrected chi connectivity index (χ1v) is 11.5. The third-order valence-corrected chi connectivity index (χ3v) is 6.00. The van der Waals surface area contributed by atoms with E-state index in [1.165, 1.54) is 56.5 Å². The fourth-order valence-corrected chi connectivity index (χ4v) is 5.06. The maximum Gasteiger partial charge on any atom is 0.0732 e. The monoisotopic (exact) mass is 402 g/mol. The SMILES string of the molecule is CC.CCC.Cc1ccc2c(c1)C1(C3=CC=C=C=C32)c2ccccc2-c2ccccc21. The van der Waals surface area contributed by atoms with E-state index in [1.54, 1.807) is 0 Å². The molecule has 31 heavy (non-hydrogen) atoms. The molecule has 0 amide bonds. The molecule has 0 aromatic heterocycles. The summed E-state index contributed by atoms with van der Waals surface area (Å²) in [4.78, 5) is 0. The van der Waals surface area contributed by atoms with Crippen LogP contribution in [0.15, 0.2) is 95.9 Å². The molecule has 0 bridgehead atoms. The Morgan fingerprint density at radius 3 is 1.94 bits per heavy atom. The zero-order valence-electron chi connectivity index (χ0n) is 19.2. The molecule has 0 unspecified atom stereocenters. The number of benzene rings is 3. The lowest BCUT2D eigenvalue weighted by Crippen LogP contribution is -2.26. The lowest BCUT2D eigenvalue weighted by atomic mass is 9.70. The maximum atomic E-state index is 3.41. The number of allylic oxidation sites excluding steroid dienone is 4. The highest BCUT2D eigenvalue weighted by atomic mass is 14.5. The first-order chi connectivity index (χ1) is 15.2. The molecule has 0 saturated heterocycles. The summed E-state index contributed by atoms with van der Waals surface area (Å²) in [6.45, 7) is 10.4. The van der Waals surface area contributed by atoms with Gasteiger partial charge in [0.1, 0.15) is 0 Å². The van der Waals surface area contributed by atoms with Crippen molar-refractivity contribution in [1.29, 1.82) is 0 Å². The van der Waals surface area contributed by atoms with Crippen LogP contribution in [0.3, 0.4) is 0 Å². The Kier molecular flexibility index (Phi) is 5.71. The largest absolute Gasteiger partial charge is 0.0732 e. The molecule has 3 aliphatic carbocycles. The Morgan fingerprint density at radius 1 is 0.742 bits per heavy atom. The second kappa shape index (κ2) is 8.44. The minimum Gasteiger partial charge on any atom is -0.0696 e. The van der Waals surface area contributed by atoms with Gasteiger partial charge in [0.05, 0.1) is 5.41 Å². The minimum atomic E-state index is -0.241. The molecule has 0 nitrogen and oxygen atoms in total. The summed E-state index contributed by atoms with van der Waals surface area (Å²) in [6.07, 6.45) is 5.49. The molecule has 6 rings (SSSR count). The molecule has 3 aliphatic rings. The van der Waals surface area contributed by atoms with E-state index >= 15 is 0 Å². The summed E-state index contributed by atoms with van der Waals surface area (Å²) in [5.74, 6) is 0. The van der Waals surface area contributed by atoms with E-state index in [1.807, 2.05) is 19.9 Å². The smallest absolute Gasteiger partial charge is 0.0696 e. The number of hydrogen-bond acceptors (Lipinski definition) is 0. The van der Waals surface area contributed by atoms with Gasteiger partial charge >= 0.3 is 0 Å². The fraction of sp³-hybridized carbons (Fsp3) is 0.226. The van der Waals surface area contributed by atoms with Crippen LogP contribution in [0.1, 0.15) is 61.9 Å². The normalized spacial score (nSPS) is 14.7. The van der Waals surface area contributed by atoms with E-state index in [9.17, 15) is 0 Å². The van der Waals surface area contributed by atoms with Gasteiger partial charge in [0.15, 0.2) is 0 Å². The second-order valence-electron chi connectivity index (χ2n) is 7.99. The van der Waals surface area contributed by atoms with Gasteiger partial charge in [-0.1, -0.05) is 118 Å². The second-order valence-corrected chi connectivity index (χ2v) is 7.99. The Balaban J connectivity index is 0.000000429. The highest BCUT2D eigenvalue weighted by Gasteiger charge is 2.53. The van der Waals surface area contributed by atoms with Gasteiger partial charge in [0.2, 0.25) is 0 Å². The maximum absolute atomic E-state index is 3.41. The van der Waals surface area contributed by atoms with Crippen LogP contribution in [0.25, 0.3) is 16.7 Å². The van der Waals surface area contributed by atoms with Gasteiger partial charge in [-0.3, -0.25) is 0 Å².